The Kier molecular flexibility index (Phi) is 6.96. The topological polar surface area (TPSA) is 59.5 Å². The maximum Gasteiger partial charge on any atom is 0.148 e. The lowest BCUT2D eigenvalue weighted by Crippen LogP contribution is -2.28. The van der Waals surface area contributed by atoms with Crippen molar-refractivity contribution in [1.82, 2.24) is 15.0 Å². The summed E-state index contributed by atoms with van der Waals surface area (Å²) in [7, 11) is 1.65. The first-order valence-electron chi connectivity index (χ1n) is 10.2. The predicted octanol–water partition coefficient (Wildman–Crippen LogP) is 5.30. The minimum Gasteiger partial charge on any atom is -0.496 e. The van der Waals surface area contributed by atoms with E-state index in [1.54, 1.807) is 19.2 Å². The summed E-state index contributed by atoms with van der Waals surface area (Å²) in [5.41, 5.74) is 2.14. The summed E-state index contributed by atoms with van der Waals surface area (Å²) in [5, 5.41) is 6.12. The van der Waals surface area contributed by atoms with E-state index in [-0.39, 0.29) is 0 Å². The van der Waals surface area contributed by atoms with Crippen molar-refractivity contribution in [2.24, 2.45) is 0 Å². The lowest BCUT2D eigenvalue weighted by atomic mass is 10.0. The van der Waals surface area contributed by atoms with Gasteiger partial charge in [0.25, 0.3) is 0 Å². The van der Waals surface area contributed by atoms with Crippen molar-refractivity contribution in [3.8, 4) is 5.75 Å². The molecule has 0 fully saturated rings. The molecule has 1 aromatic heterocycles. The van der Waals surface area contributed by atoms with E-state index >= 15 is 0 Å². The van der Waals surface area contributed by atoms with Crippen LogP contribution in [-0.4, -0.2) is 41.8 Å². The zero-order chi connectivity index (χ0) is 21.6. The number of hydroxylamine groups is 2. The monoisotopic (exact) mass is 442 g/mol. The Bertz CT molecular complexity index is 1090. The van der Waals surface area contributed by atoms with E-state index in [0.717, 1.165) is 54.6 Å². The number of fused-ring (bicyclic) bond motifs is 1. The number of aromatic nitrogens is 2. The van der Waals surface area contributed by atoms with Crippen LogP contribution in [0, 0.1) is 5.82 Å². The SMILES string of the molecule is COc1cc2c(Nc3ccc(Cl)cc3F)ncnc2cc1CCCCN1CC=CCO1. The Balaban J connectivity index is 1.50. The second-order valence-electron chi connectivity index (χ2n) is 7.26. The molecule has 6 nitrogen and oxygen atoms in total. The van der Waals surface area contributed by atoms with Gasteiger partial charge in [-0.15, -0.1) is 0 Å². The largest absolute Gasteiger partial charge is 0.496 e. The molecule has 162 valence electrons. The number of halogens is 2. The molecular formula is C23H24ClFN4O2. The van der Waals surface area contributed by atoms with Crippen LogP contribution < -0.4 is 10.1 Å². The summed E-state index contributed by atoms with van der Waals surface area (Å²) in [6.07, 6.45) is 8.50. The number of unbranched alkanes of at least 4 members (excludes halogenated alkanes) is 1. The van der Waals surface area contributed by atoms with Crippen molar-refractivity contribution in [3.05, 3.63) is 65.2 Å². The second kappa shape index (κ2) is 10.0. The number of hydrogen-bond donors (Lipinski definition) is 1. The molecule has 8 heteroatoms. The molecule has 2 aromatic carbocycles. The third-order valence-electron chi connectivity index (χ3n) is 5.15. The van der Waals surface area contributed by atoms with Crippen molar-refractivity contribution >= 4 is 34.0 Å². The Morgan fingerprint density at radius 1 is 1.19 bits per heavy atom. The fraction of sp³-hybridized carbons (Fsp3) is 0.304. The molecule has 0 bridgehead atoms. The summed E-state index contributed by atoms with van der Waals surface area (Å²) in [4.78, 5) is 14.3. The second-order valence-corrected chi connectivity index (χ2v) is 7.70. The maximum atomic E-state index is 14.2. The number of ether oxygens (including phenoxy) is 1. The molecule has 1 aliphatic rings. The van der Waals surface area contributed by atoms with E-state index in [4.69, 9.17) is 21.2 Å². The van der Waals surface area contributed by atoms with Gasteiger partial charge in [0.05, 0.1) is 24.9 Å². The number of anilines is 2. The van der Waals surface area contributed by atoms with Crippen LogP contribution in [-0.2, 0) is 11.3 Å². The standard InChI is InChI=1S/C23H24ClFN4O2/c1-30-22-14-18-21(12-16(22)6-2-3-9-29-10-4-5-11-31-29)26-15-27-23(18)28-20-8-7-17(24)13-19(20)25/h4-5,7-8,12-15H,2-3,6,9-11H2,1H3,(H,26,27,28). The lowest BCUT2D eigenvalue weighted by molar-refractivity contribution is -0.147. The van der Waals surface area contributed by atoms with Gasteiger partial charge in [0.1, 0.15) is 23.7 Å². The molecule has 0 saturated heterocycles. The van der Waals surface area contributed by atoms with Crippen molar-refractivity contribution in [2.75, 3.05) is 32.1 Å². The minimum atomic E-state index is -0.448. The summed E-state index contributed by atoms with van der Waals surface area (Å²) in [5.74, 6) is 0.821. The van der Waals surface area contributed by atoms with Crippen LogP contribution in [0.5, 0.6) is 5.75 Å². The quantitative estimate of drug-likeness (QED) is 0.377. The number of methoxy groups -OCH3 is 1. The van der Waals surface area contributed by atoms with Gasteiger partial charge < -0.3 is 10.1 Å². The summed E-state index contributed by atoms with van der Waals surface area (Å²) >= 11 is 5.85. The van der Waals surface area contributed by atoms with Crippen LogP contribution in [0.4, 0.5) is 15.9 Å². The molecule has 1 N–H and O–H groups in total. The predicted molar refractivity (Wildman–Crippen MR) is 120 cm³/mol. The Morgan fingerprint density at radius 2 is 2.10 bits per heavy atom. The highest BCUT2D eigenvalue weighted by molar-refractivity contribution is 6.30. The van der Waals surface area contributed by atoms with Crippen molar-refractivity contribution in [2.45, 2.75) is 19.3 Å². The average molecular weight is 443 g/mol. The van der Waals surface area contributed by atoms with Crippen LogP contribution in [0.2, 0.25) is 5.02 Å². The molecule has 3 aromatic rings. The van der Waals surface area contributed by atoms with E-state index in [1.807, 2.05) is 23.3 Å². The van der Waals surface area contributed by atoms with Crippen molar-refractivity contribution in [1.29, 1.82) is 0 Å². The first kappa shape index (κ1) is 21.5. The average Bonchev–Trinajstić information content (AvgIpc) is 2.79. The van der Waals surface area contributed by atoms with Gasteiger partial charge in [-0.1, -0.05) is 23.8 Å². The van der Waals surface area contributed by atoms with Gasteiger partial charge in [-0.3, -0.25) is 4.84 Å². The van der Waals surface area contributed by atoms with Crippen LogP contribution in [0.25, 0.3) is 10.9 Å². The van der Waals surface area contributed by atoms with Crippen molar-refractivity contribution in [3.63, 3.8) is 0 Å². The fourth-order valence-electron chi connectivity index (χ4n) is 3.55. The van der Waals surface area contributed by atoms with Gasteiger partial charge in [0.15, 0.2) is 0 Å². The number of hydrogen-bond acceptors (Lipinski definition) is 6. The van der Waals surface area contributed by atoms with Crippen LogP contribution in [0.3, 0.4) is 0 Å². The highest BCUT2D eigenvalue weighted by Crippen LogP contribution is 2.31. The molecule has 0 unspecified atom stereocenters. The van der Waals surface area contributed by atoms with Crippen LogP contribution >= 0.6 is 11.6 Å². The molecule has 0 atom stereocenters. The van der Waals surface area contributed by atoms with E-state index in [1.165, 1.54) is 12.4 Å². The molecule has 4 rings (SSSR count). The van der Waals surface area contributed by atoms with Gasteiger partial charge in [0.2, 0.25) is 0 Å². The smallest absolute Gasteiger partial charge is 0.148 e. The molecule has 0 radical (unpaired) electrons. The first-order chi connectivity index (χ1) is 15.1. The van der Waals surface area contributed by atoms with Gasteiger partial charge >= 0.3 is 0 Å². The molecule has 1 aliphatic heterocycles. The lowest BCUT2D eigenvalue weighted by Gasteiger charge is -2.22. The van der Waals surface area contributed by atoms with Gasteiger partial charge in [-0.05, 0) is 55.2 Å². The Hall–Kier alpha value is -2.74. The third kappa shape index (κ3) is 5.31. The molecule has 31 heavy (non-hydrogen) atoms. The maximum absolute atomic E-state index is 14.2. The van der Waals surface area contributed by atoms with Crippen molar-refractivity contribution < 1.29 is 14.0 Å². The highest BCUT2D eigenvalue weighted by atomic mass is 35.5. The summed E-state index contributed by atoms with van der Waals surface area (Å²) < 4.78 is 19.8. The minimum absolute atomic E-state index is 0.294. The molecule has 0 amide bonds. The van der Waals surface area contributed by atoms with Gasteiger partial charge in [-0.2, -0.15) is 5.06 Å². The summed E-state index contributed by atoms with van der Waals surface area (Å²) in [6, 6.07) is 8.38. The molecular weight excluding hydrogens is 419 g/mol. The summed E-state index contributed by atoms with van der Waals surface area (Å²) in [6.45, 7) is 2.37. The van der Waals surface area contributed by atoms with Crippen LogP contribution in [0.15, 0.2) is 48.8 Å². The van der Waals surface area contributed by atoms with E-state index in [2.05, 4.69) is 21.4 Å². The molecule has 0 saturated carbocycles. The Morgan fingerprint density at radius 3 is 2.87 bits per heavy atom. The number of aryl methyl sites for hydroxylation is 1. The van der Waals surface area contributed by atoms with E-state index in [0.29, 0.717) is 23.1 Å². The fourth-order valence-corrected chi connectivity index (χ4v) is 3.71. The zero-order valence-electron chi connectivity index (χ0n) is 17.3. The van der Waals surface area contributed by atoms with Crippen LogP contribution in [0.1, 0.15) is 18.4 Å². The molecule has 0 spiro atoms. The number of benzene rings is 2. The molecule has 0 aliphatic carbocycles. The van der Waals surface area contributed by atoms with E-state index in [9.17, 15) is 4.39 Å². The third-order valence-corrected chi connectivity index (χ3v) is 5.39. The van der Waals surface area contributed by atoms with E-state index < -0.39 is 5.82 Å². The molecule has 2 heterocycles. The number of nitrogens with one attached hydrogen (secondary N) is 1. The normalized spacial score (nSPS) is 14.2. The zero-order valence-corrected chi connectivity index (χ0v) is 18.0. The van der Waals surface area contributed by atoms with Gasteiger partial charge in [0, 0.05) is 23.5 Å². The van der Waals surface area contributed by atoms with Gasteiger partial charge in [-0.25, -0.2) is 14.4 Å². The highest BCUT2D eigenvalue weighted by Gasteiger charge is 2.13. The Labute approximate surface area is 185 Å². The first-order valence-corrected chi connectivity index (χ1v) is 10.6. The number of rotatable bonds is 8. The number of nitrogens with zero attached hydrogens (tertiary/aromatic N) is 3.